The highest BCUT2D eigenvalue weighted by atomic mass is 32.1. The van der Waals surface area contributed by atoms with Gasteiger partial charge in [0.2, 0.25) is 0 Å². The van der Waals surface area contributed by atoms with Crippen LogP contribution < -0.4 is 5.32 Å². The second-order valence-electron chi connectivity index (χ2n) is 4.44. The van der Waals surface area contributed by atoms with Gasteiger partial charge in [-0.2, -0.15) is 0 Å². The Morgan fingerprint density at radius 2 is 2.06 bits per heavy atom. The van der Waals surface area contributed by atoms with Gasteiger partial charge in [-0.05, 0) is 18.9 Å². The van der Waals surface area contributed by atoms with Crippen molar-refractivity contribution in [3.63, 3.8) is 0 Å². The number of hydrogen-bond acceptors (Lipinski definition) is 2. The second-order valence-corrected chi connectivity index (χ2v) is 4.94. The standard InChI is InChI=1S/C13H17NOS/c15-13(11-8-4-5-9-12(11)16)14-10-6-2-1-3-7-10/h4-5,8,10H,1-3,6-7,9H2,(H,14,15). The van der Waals surface area contributed by atoms with Crippen LogP contribution in [0.2, 0.25) is 0 Å². The molecule has 2 nitrogen and oxygen atoms in total. The van der Waals surface area contributed by atoms with E-state index in [1.807, 2.05) is 18.2 Å². The van der Waals surface area contributed by atoms with Crippen molar-refractivity contribution in [1.29, 1.82) is 0 Å². The van der Waals surface area contributed by atoms with Gasteiger partial charge in [-0.15, -0.1) is 0 Å². The first-order valence-corrected chi connectivity index (χ1v) is 6.39. The predicted octanol–water partition coefficient (Wildman–Crippen LogP) is 2.69. The van der Waals surface area contributed by atoms with E-state index in [1.165, 1.54) is 19.3 Å². The largest absolute Gasteiger partial charge is 0.349 e. The summed E-state index contributed by atoms with van der Waals surface area (Å²) >= 11 is 5.19. The lowest BCUT2D eigenvalue weighted by molar-refractivity contribution is -0.117. The highest BCUT2D eigenvalue weighted by Gasteiger charge is 2.20. The number of hydrogen-bond donors (Lipinski definition) is 1. The Kier molecular flexibility index (Phi) is 3.88. The monoisotopic (exact) mass is 235 g/mol. The van der Waals surface area contributed by atoms with Crippen molar-refractivity contribution in [2.24, 2.45) is 0 Å². The van der Waals surface area contributed by atoms with E-state index < -0.39 is 0 Å². The van der Waals surface area contributed by atoms with Crippen molar-refractivity contribution in [2.75, 3.05) is 0 Å². The third-order valence-corrected chi connectivity index (χ3v) is 3.57. The summed E-state index contributed by atoms with van der Waals surface area (Å²) in [6.07, 6.45) is 12.4. The maximum atomic E-state index is 12.0. The zero-order valence-corrected chi connectivity index (χ0v) is 10.2. The summed E-state index contributed by atoms with van der Waals surface area (Å²) in [5.41, 5.74) is 0.683. The van der Waals surface area contributed by atoms with Crippen molar-refractivity contribution in [2.45, 2.75) is 44.6 Å². The normalized spacial score (nSPS) is 21.8. The maximum Gasteiger partial charge on any atom is 0.252 e. The lowest BCUT2D eigenvalue weighted by Crippen LogP contribution is -2.38. The van der Waals surface area contributed by atoms with Crippen LogP contribution in [-0.4, -0.2) is 16.8 Å². The number of carbonyl (C=O) groups excluding carboxylic acids is 1. The third-order valence-electron chi connectivity index (χ3n) is 3.19. The fourth-order valence-corrected chi connectivity index (χ4v) is 2.51. The van der Waals surface area contributed by atoms with Crippen molar-refractivity contribution in [1.82, 2.24) is 5.32 Å². The van der Waals surface area contributed by atoms with E-state index in [4.69, 9.17) is 12.2 Å². The summed E-state index contributed by atoms with van der Waals surface area (Å²) in [5, 5.41) is 3.09. The molecule has 1 saturated carbocycles. The Balaban J connectivity index is 1.94. The zero-order valence-electron chi connectivity index (χ0n) is 9.37. The number of carbonyl (C=O) groups is 1. The highest BCUT2D eigenvalue weighted by Crippen LogP contribution is 2.18. The maximum absolute atomic E-state index is 12.0. The van der Waals surface area contributed by atoms with Crippen molar-refractivity contribution in [3.05, 3.63) is 23.8 Å². The van der Waals surface area contributed by atoms with Gasteiger partial charge in [0.1, 0.15) is 0 Å². The molecular formula is C13H17NOS. The summed E-state index contributed by atoms with van der Waals surface area (Å²) in [7, 11) is 0. The molecule has 2 rings (SSSR count). The quantitative estimate of drug-likeness (QED) is 0.746. The van der Waals surface area contributed by atoms with Crippen LogP contribution in [-0.2, 0) is 4.79 Å². The first-order valence-electron chi connectivity index (χ1n) is 5.98. The lowest BCUT2D eigenvalue weighted by atomic mass is 9.95. The van der Waals surface area contributed by atoms with Gasteiger partial charge in [0, 0.05) is 17.3 Å². The molecule has 0 aromatic carbocycles. The van der Waals surface area contributed by atoms with E-state index in [0.29, 0.717) is 11.6 Å². The van der Waals surface area contributed by atoms with Crippen LogP contribution in [0.25, 0.3) is 0 Å². The Hall–Kier alpha value is -0.960. The molecule has 16 heavy (non-hydrogen) atoms. The van der Waals surface area contributed by atoms with Crippen molar-refractivity contribution in [3.8, 4) is 0 Å². The van der Waals surface area contributed by atoms with Crippen LogP contribution in [0.5, 0.6) is 0 Å². The summed E-state index contributed by atoms with van der Waals surface area (Å²) in [6.45, 7) is 0. The SMILES string of the molecule is O=C(NC1CCCCC1)C1=CC=CCC1=S. The van der Waals surface area contributed by atoms with E-state index in [1.54, 1.807) is 0 Å². The Labute approximate surface area is 102 Å². The minimum Gasteiger partial charge on any atom is -0.349 e. The average molecular weight is 235 g/mol. The molecule has 0 aromatic heterocycles. The summed E-state index contributed by atoms with van der Waals surface area (Å²) < 4.78 is 0. The van der Waals surface area contributed by atoms with E-state index in [0.717, 1.165) is 24.1 Å². The molecule has 3 heteroatoms. The van der Waals surface area contributed by atoms with E-state index in [-0.39, 0.29) is 5.91 Å². The fraction of sp³-hybridized carbons (Fsp3) is 0.538. The van der Waals surface area contributed by atoms with Gasteiger partial charge in [0.05, 0.1) is 5.57 Å². The number of rotatable bonds is 2. The minimum absolute atomic E-state index is 0.0150. The molecule has 0 radical (unpaired) electrons. The molecule has 2 aliphatic rings. The second kappa shape index (κ2) is 5.39. The number of amides is 1. The number of nitrogens with one attached hydrogen (secondary N) is 1. The summed E-state index contributed by atoms with van der Waals surface area (Å²) in [6, 6.07) is 0.357. The molecule has 0 heterocycles. The molecular weight excluding hydrogens is 218 g/mol. The van der Waals surface area contributed by atoms with Gasteiger partial charge < -0.3 is 5.32 Å². The van der Waals surface area contributed by atoms with E-state index in [2.05, 4.69) is 5.32 Å². The molecule has 1 fully saturated rings. The van der Waals surface area contributed by atoms with Crippen molar-refractivity contribution < 1.29 is 4.79 Å². The average Bonchev–Trinajstić information content (AvgIpc) is 2.31. The van der Waals surface area contributed by atoms with E-state index in [9.17, 15) is 4.79 Å². The number of allylic oxidation sites excluding steroid dienone is 3. The molecule has 0 aliphatic heterocycles. The molecule has 0 bridgehead atoms. The van der Waals surface area contributed by atoms with Gasteiger partial charge in [-0.1, -0.05) is 43.6 Å². The highest BCUT2D eigenvalue weighted by molar-refractivity contribution is 7.81. The molecule has 1 amide bonds. The Morgan fingerprint density at radius 3 is 2.75 bits per heavy atom. The summed E-state index contributed by atoms with van der Waals surface area (Å²) in [5.74, 6) is 0.0150. The van der Waals surface area contributed by atoms with Crippen molar-refractivity contribution >= 4 is 23.0 Å². The van der Waals surface area contributed by atoms with Gasteiger partial charge in [-0.25, -0.2) is 0 Å². The molecule has 0 spiro atoms. The summed E-state index contributed by atoms with van der Waals surface area (Å²) in [4.78, 5) is 12.7. The van der Waals surface area contributed by atoms with Gasteiger partial charge in [0.25, 0.3) is 5.91 Å². The lowest BCUT2D eigenvalue weighted by Gasteiger charge is -2.23. The molecule has 2 aliphatic carbocycles. The van der Waals surface area contributed by atoms with E-state index >= 15 is 0 Å². The molecule has 86 valence electrons. The van der Waals surface area contributed by atoms with Crippen LogP contribution in [0, 0.1) is 0 Å². The van der Waals surface area contributed by atoms with Gasteiger partial charge >= 0.3 is 0 Å². The van der Waals surface area contributed by atoms with Crippen LogP contribution in [0.15, 0.2) is 23.8 Å². The Bertz CT molecular complexity index is 351. The smallest absolute Gasteiger partial charge is 0.252 e. The van der Waals surface area contributed by atoms with Gasteiger partial charge in [-0.3, -0.25) is 4.79 Å². The Morgan fingerprint density at radius 1 is 1.31 bits per heavy atom. The molecule has 0 unspecified atom stereocenters. The third kappa shape index (κ3) is 2.79. The van der Waals surface area contributed by atoms with Crippen LogP contribution in [0.3, 0.4) is 0 Å². The fourth-order valence-electron chi connectivity index (χ4n) is 2.25. The molecule has 1 N–H and O–H groups in total. The minimum atomic E-state index is 0.0150. The predicted molar refractivity (Wildman–Crippen MR) is 69.5 cm³/mol. The number of thiocarbonyl (C=S) groups is 1. The molecule has 0 atom stereocenters. The van der Waals surface area contributed by atoms with Gasteiger partial charge in [0.15, 0.2) is 0 Å². The van der Waals surface area contributed by atoms with Crippen LogP contribution in [0.1, 0.15) is 38.5 Å². The molecule has 0 saturated heterocycles. The first-order chi connectivity index (χ1) is 7.77. The first kappa shape index (κ1) is 11.5. The van der Waals surface area contributed by atoms with Crippen LogP contribution in [0.4, 0.5) is 0 Å². The topological polar surface area (TPSA) is 29.1 Å². The zero-order chi connectivity index (χ0) is 11.4. The molecule has 0 aromatic rings. The van der Waals surface area contributed by atoms with Crippen LogP contribution >= 0.6 is 12.2 Å².